The molecule has 2 heterocycles. The number of hydrogen-bond donors (Lipinski definition) is 3. The third kappa shape index (κ3) is 6.57. The fraction of sp³-hybridized carbons (Fsp3) is 0.471. The number of aliphatic carboxylic acids is 1. The molecule has 0 aliphatic carbocycles. The molecule has 0 unspecified atom stereocenters. The second-order valence-electron chi connectivity index (χ2n) is 6.39. The molecule has 2 amide bonds. The molecule has 2 rings (SSSR count). The van der Waals surface area contributed by atoms with Crippen molar-refractivity contribution in [3.05, 3.63) is 24.5 Å². The highest BCUT2D eigenvalue weighted by atomic mass is 16.5. The van der Waals surface area contributed by atoms with E-state index >= 15 is 0 Å². The molecular formula is C17H22N4O6. The van der Waals surface area contributed by atoms with Crippen LogP contribution in [0, 0.1) is 5.92 Å². The zero-order valence-corrected chi connectivity index (χ0v) is 15.1. The van der Waals surface area contributed by atoms with Crippen LogP contribution >= 0.6 is 0 Å². The van der Waals surface area contributed by atoms with E-state index in [4.69, 9.17) is 14.0 Å². The van der Waals surface area contributed by atoms with E-state index in [9.17, 15) is 14.4 Å². The Labute approximate surface area is 155 Å². The van der Waals surface area contributed by atoms with Crippen molar-refractivity contribution in [3.63, 3.8) is 0 Å². The molecule has 0 radical (unpaired) electrons. The van der Waals surface area contributed by atoms with Gasteiger partial charge in [-0.25, -0.2) is 4.79 Å². The number of rotatable bonds is 10. The Morgan fingerprint density at radius 3 is 2.67 bits per heavy atom. The SMILES string of the molecule is CC(C)C[C@H](NC(=O)CNC(=O)CCc1nc(-c2ccoc2)no1)C(=O)O. The molecule has 0 spiro atoms. The van der Waals surface area contributed by atoms with E-state index in [0.717, 1.165) is 0 Å². The highest BCUT2D eigenvalue weighted by molar-refractivity contribution is 5.87. The minimum Gasteiger partial charge on any atom is -0.480 e. The number of aromatic nitrogens is 2. The van der Waals surface area contributed by atoms with Gasteiger partial charge in [0.15, 0.2) is 0 Å². The lowest BCUT2D eigenvalue weighted by Gasteiger charge is -2.16. The van der Waals surface area contributed by atoms with E-state index < -0.39 is 17.9 Å². The van der Waals surface area contributed by atoms with Gasteiger partial charge < -0.3 is 24.7 Å². The smallest absolute Gasteiger partial charge is 0.326 e. The Hall–Kier alpha value is -3.17. The molecule has 0 aliphatic rings. The third-order valence-electron chi connectivity index (χ3n) is 3.60. The van der Waals surface area contributed by atoms with Crippen LogP contribution in [-0.4, -0.2) is 45.6 Å². The zero-order valence-electron chi connectivity index (χ0n) is 15.1. The summed E-state index contributed by atoms with van der Waals surface area (Å²) in [6.45, 7) is 3.42. The van der Waals surface area contributed by atoms with Crippen LogP contribution in [0.3, 0.4) is 0 Å². The van der Waals surface area contributed by atoms with Crippen molar-refractivity contribution < 1.29 is 28.4 Å². The molecule has 0 aliphatic heterocycles. The van der Waals surface area contributed by atoms with Crippen molar-refractivity contribution in [1.29, 1.82) is 0 Å². The summed E-state index contributed by atoms with van der Waals surface area (Å²) in [4.78, 5) is 38.9. The van der Waals surface area contributed by atoms with Gasteiger partial charge in [0.2, 0.25) is 23.5 Å². The summed E-state index contributed by atoms with van der Waals surface area (Å²) >= 11 is 0. The number of hydrogen-bond acceptors (Lipinski definition) is 7. The molecule has 0 saturated heterocycles. The van der Waals surface area contributed by atoms with Crippen molar-refractivity contribution in [3.8, 4) is 11.4 Å². The molecule has 0 aromatic carbocycles. The average molecular weight is 378 g/mol. The van der Waals surface area contributed by atoms with Crippen LogP contribution in [0.15, 0.2) is 27.5 Å². The number of nitrogens with zero attached hydrogens (tertiary/aromatic N) is 2. The molecule has 10 nitrogen and oxygen atoms in total. The summed E-state index contributed by atoms with van der Waals surface area (Å²) in [5, 5.41) is 17.7. The number of carbonyl (C=O) groups excluding carboxylic acids is 2. The lowest BCUT2D eigenvalue weighted by molar-refractivity contribution is -0.142. The number of nitrogens with one attached hydrogen (secondary N) is 2. The lowest BCUT2D eigenvalue weighted by atomic mass is 10.0. The summed E-state index contributed by atoms with van der Waals surface area (Å²) in [7, 11) is 0. The van der Waals surface area contributed by atoms with Crippen LogP contribution in [0.1, 0.15) is 32.6 Å². The average Bonchev–Trinajstić information content (AvgIpc) is 3.28. The molecule has 0 fully saturated rings. The first-order chi connectivity index (χ1) is 12.8. The van der Waals surface area contributed by atoms with Crippen molar-refractivity contribution >= 4 is 17.8 Å². The molecule has 0 saturated carbocycles. The number of carboxylic acid groups (broad SMARTS) is 1. The first-order valence-electron chi connectivity index (χ1n) is 8.49. The molecule has 2 aromatic rings. The molecule has 0 bridgehead atoms. The number of furan rings is 1. The highest BCUT2D eigenvalue weighted by Gasteiger charge is 2.21. The lowest BCUT2D eigenvalue weighted by Crippen LogP contribution is -2.46. The third-order valence-corrected chi connectivity index (χ3v) is 3.60. The Morgan fingerprint density at radius 1 is 1.26 bits per heavy atom. The van der Waals surface area contributed by atoms with Crippen LogP contribution in [0.5, 0.6) is 0 Å². The van der Waals surface area contributed by atoms with Gasteiger partial charge in [0.1, 0.15) is 12.3 Å². The summed E-state index contributed by atoms with van der Waals surface area (Å²) < 4.78 is 9.99. The summed E-state index contributed by atoms with van der Waals surface area (Å²) in [5.41, 5.74) is 0.667. The van der Waals surface area contributed by atoms with E-state index in [2.05, 4.69) is 20.8 Å². The standard InChI is InChI=1S/C17H22N4O6/c1-10(2)7-12(17(24)25)19-14(23)8-18-13(22)3-4-15-20-16(21-27-15)11-5-6-26-9-11/h5-6,9-10,12H,3-4,7-8H2,1-2H3,(H,18,22)(H,19,23)(H,24,25)/t12-/m0/s1. The van der Waals surface area contributed by atoms with Crippen LogP contribution in [0.2, 0.25) is 0 Å². The highest BCUT2D eigenvalue weighted by Crippen LogP contribution is 2.16. The first-order valence-corrected chi connectivity index (χ1v) is 8.49. The molecule has 10 heteroatoms. The summed E-state index contributed by atoms with van der Waals surface area (Å²) in [6, 6.07) is 0.707. The van der Waals surface area contributed by atoms with Gasteiger partial charge in [0.05, 0.1) is 18.4 Å². The van der Waals surface area contributed by atoms with Gasteiger partial charge in [0, 0.05) is 12.8 Å². The zero-order chi connectivity index (χ0) is 19.8. The molecule has 27 heavy (non-hydrogen) atoms. The van der Waals surface area contributed by atoms with Gasteiger partial charge in [0.25, 0.3) is 0 Å². The maximum absolute atomic E-state index is 11.8. The van der Waals surface area contributed by atoms with Crippen molar-refractivity contribution in [2.45, 2.75) is 39.2 Å². The van der Waals surface area contributed by atoms with Crippen LogP contribution < -0.4 is 10.6 Å². The molecule has 2 aromatic heterocycles. The van der Waals surface area contributed by atoms with Crippen molar-refractivity contribution in [1.82, 2.24) is 20.8 Å². The Morgan fingerprint density at radius 2 is 2.04 bits per heavy atom. The topological polar surface area (TPSA) is 148 Å². The van der Waals surface area contributed by atoms with Gasteiger partial charge in [-0.3, -0.25) is 9.59 Å². The molecule has 1 atom stereocenters. The van der Waals surface area contributed by atoms with E-state index in [1.165, 1.54) is 12.5 Å². The number of amides is 2. The van der Waals surface area contributed by atoms with E-state index in [0.29, 0.717) is 17.8 Å². The maximum Gasteiger partial charge on any atom is 0.326 e. The Bertz CT molecular complexity index is 768. The first kappa shape index (κ1) is 20.1. The van der Waals surface area contributed by atoms with E-state index in [1.807, 2.05) is 13.8 Å². The largest absolute Gasteiger partial charge is 0.480 e. The number of carboxylic acids is 1. The molecular weight excluding hydrogens is 356 g/mol. The monoisotopic (exact) mass is 378 g/mol. The number of carbonyl (C=O) groups is 3. The van der Waals surface area contributed by atoms with Gasteiger partial charge in [-0.1, -0.05) is 19.0 Å². The second-order valence-corrected chi connectivity index (χ2v) is 6.39. The van der Waals surface area contributed by atoms with Gasteiger partial charge in [-0.2, -0.15) is 4.98 Å². The minimum atomic E-state index is -1.10. The van der Waals surface area contributed by atoms with Gasteiger partial charge in [-0.05, 0) is 18.4 Å². The maximum atomic E-state index is 11.8. The normalized spacial score (nSPS) is 12.0. The Balaban J connectivity index is 1.72. The Kier molecular flexibility index (Phi) is 7.09. The van der Waals surface area contributed by atoms with E-state index in [1.54, 1.807) is 6.07 Å². The minimum absolute atomic E-state index is 0.0503. The van der Waals surface area contributed by atoms with Crippen LogP contribution in [-0.2, 0) is 20.8 Å². The predicted octanol–water partition coefficient (Wildman–Crippen LogP) is 0.994. The summed E-state index contributed by atoms with van der Waals surface area (Å²) in [5.74, 6) is -1.28. The van der Waals surface area contributed by atoms with Crippen molar-refractivity contribution in [2.24, 2.45) is 5.92 Å². The van der Waals surface area contributed by atoms with Gasteiger partial charge >= 0.3 is 5.97 Å². The van der Waals surface area contributed by atoms with Crippen molar-refractivity contribution in [2.75, 3.05) is 6.54 Å². The fourth-order valence-corrected chi connectivity index (χ4v) is 2.29. The predicted molar refractivity (Wildman–Crippen MR) is 92.4 cm³/mol. The second kappa shape index (κ2) is 9.51. The van der Waals surface area contributed by atoms with Crippen LogP contribution in [0.25, 0.3) is 11.4 Å². The van der Waals surface area contributed by atoms with Gasteiger partial charge in [-0.15, -0.1) is 0 Å². The quantitative estimate of drug-likeness (QED) is 0.554. The fourth-order valence-electron chi connectivity index (χ4n) is 2.29. The molecule has 3 N–H and O–H groups in total. The molecule has 146 valence electrons. The van der Waals surface area contributed by atoms with Crippen LogP contribution in [0.4, 0.5) is 0 Å². The summed E-state index contributed by atoms with van der Waals surface area (Å²) in [6.07, 6.45) is 3.53. The number of aryl methyl sites for hydroxylation is 1. The van der Waals surface area contributed by atoms with E-state index in [-0.39, 0.29) is 37.1 Å².